The number of hydrogen-bond donors (Lipinski definition) is 2. The maximum Gasteiger partial charge on any atom is 0.230 e. The zero-order valence-electron chi connectivity index (χ0n) is 12.3. The van der Waals surface area contributed by atoms with Gasteiger partial charge in [0.1, 0.15) is 0 Å². The number of thioether (sulfide) groups is 1. The molecule has 1 aliphatic carbocycles. The second kappa shape index (κ2) is 7.27. The van der Waals surface area contributed by atoms with Crippen molar-refractivity contribution in [2.24, 2.45) is 11.7 Å². The number of carbonyl (C=O) groups is 1. The Labute approximate surface area is 136 Å². The van der Waals surface area contributed by atoms with E-state index in [1.807, 2.05) is 42.1 Å². The van der Waals surface area contributed by atoms with Gasteiger partial charge in [0.05, 0.1) is 10.9 Å². The summed E-state index contributed by atoms with van der Waals surface area (Å²) >= 11 is 6.93. The molecule has 0 saturated heterocycles. The van der Waals surface area contributed by atoms with Crippen molar-refractivity contribution in [3.8, 4) is 0 Å². The number of thiocarbonyl (C=S) groups is 1. The Morgan fingerprint density at radius 1 is 1.43 bits per heavy atom. The molecule has 3 nitrogen and oxygen atoms in total. The molecule has 1 aromatic carbocycles. The zero-order valence-corrected chi connectivity index (χ0v) is 13.9. The molecule has 1 fully saturated rings. The van der Waals surface area contributed by atoms with Crippen LogP contribution in [0.2, 0.25) is 0 Å². The molecule has 0 heterocycles. The van der Waals surface area contributed by atoms with Crippen molar-refractivity contribution in [2.45, 2.75) is 30.4 Å². The maximum atomic E-state index is 12.4. The fourth-order valence-corrected chi connectivity index (χ4v) is 3.67. The molecule has 1 atom stereocenters. The van der Waals surface area contributed by atoms with Crippen molar-refractivity contribution >= 4 is 34.9 Å². The zero-order chi connectivity index (χ0) is 15.3. The second-order valence-corrected chi connectivity index (χ2v) is 7.35. The number of hydrogen-bond acceptors (Lipinski definition) is 3. The quantitative estimate of drug-likeness (QED) is 0.758. The van der Waals surface area contributed by atoms with Crippen molar-refractivity contribution < 1.29 is 4.79 Å². The van der Waals surface area contributed by atoms with Gasteiger partial charge in [-0.25, -0.2) is 0 Å². The first-order chi connectivity index (χ1) is 10.1. The summed E-state index contributed by atoms with van der Waals surface area (Å²) in [4.78, 5) is 12.7. The molecule has 0 aliphatic heterocycles. The summed E-state index contributed by atoms with van der Waals surface area (Å²) in [5.74, 6) is -0.479. The Bertz CT molecular complexity index is 495. The fourth-order valence-electron chi connectivity index (χ4n) is 2.57. The Kier molecular flexibility index (Phi) is 5.65. The van der Waals surface area contributed by atoms with Crippen LogP contribution in [0.3, 0.4) is 0 Å². The number of nitrogens with two attached hydrogens (primary N) is 1. The summed E-state index contributed by atoms with van der Waals surface area (Å²) < 4.78 is 0.225. The van der Waals surface area contributed by atoms with Gasteiger partial charge in [0.15, 0.2) is 0 Å². The summed E-state index contributed by atoms with van der Waals surface area (Å²) in [5, 5.41) is 3.05. The van der Waals surface area contributed by atoms with Crippen molar-refractivity contribution in [1.82, 2.24) is 5.32 Å². The Hall–Kier alpha value is -1.07. The summed E-state index contributed by atoms with van der Waals surface area (Å²) in [7, 11) is 0. The number of amides is 1. The second-order valence-electron chi connectivity index (χ2n) is 5.60. The predicted octanol–water partition coefficient (Wildman–Crippen LogP) is 2.53. The topological polar surface area (TPSA) is 55.1 Å². The van der Waals surface area contributed by atoms with Crippen LogP contribution in [-0.4, -0.2) is 28.4 Å². The molecule has 1 amide bonds. The van der Waals surface area contributed by atoms with E-state index >= 15 is 0 Å². The van der Waals surface area contributed by atoms with Crippen molar-refractivity contribution in [3.63, 3.8) is 0 Å². The Balaban J connectivity index is 1.94. The molecule has 0 bridgehead atoms. The van der Waals surface area contributed by atoms with Gasteiger partial charge >= 0.3 is 0 Å². The molecule has 1 aromatic rings. The summed E-state index contributed by atoms with van der Waals surface area (Å²) in [6, 6.07) is 9.86. The Morgan fingerprint density at radius 3 is 2.57 bits per heavy atom. The van der Waals surface area contributed by atoms with Gasteiger partial charge in [0.2, 0.25) is 5.91 Å². The average Bonchev–Trinajstić information content (AvgIpc) is 2.44. The van der Waals surface area contributed by atoms with Gasteiger partial charge in [-0.2, -0.15) is 11.8 Å². The molecule has 21 heavy (non-hydrogen) atoms. The van der Waals surface area contributed by atoms with Crippen LogP contribution in [0.5, 0.6) is 0 Å². The van der Waals surface area contributed by atoms with Gasteiger partial charge < -0.3 is 11.1 Å². The van der Waals surface area contributed by atoms with Crippen molar-refractivity contribution in [3.05, 3.63) is 35.9 Å². The van der Waals surface area contributed by atoms with E-state index in [1.165, 1.54) is 19.3 Å². The SMILES string of the molecule is CSC1(CNC(=O)C(Cc2ccccc2)C(N)=S)CCC1. The summed E-state index contributed by atoms with van der Waals surface area (Å²) in [5.41, 5.74) is 6.85. The third-order valence-corrected chi connectivity index (χ3v) is 5.93. The van der Waals surface area contributed by atoms with Crippen LogP contribution in [0.1, 0.15) is 24.8 Å². The third-order valence-electron chi connectivity index (χ3n) is 4.23. The van der Waals surface area contributed by atoms with Gasteiger partial charge in [-0.05, 0) is 31.1 Å². The highest BCUT2D eigenvalue weighted by Crippen LogP contribution is 2.42. The minimum absolute atomic E-state index is 0.0494. The highest BCUT2D eigenvalue weighted by Gasteiger charge is 2.37. The van der Waals surface area contributed by atoms with Crippen molar-refractivity contribution in [2.75, 3.05) is 12.8 Å². The molecule has 0 aromatic heterocycles. The highest BCUT2D eigenvalue weighted by atomic mass is 32.2. The normalized spacial score (nSPS) is 17.6. The molecule has 0 radical (unpaired) electrons. The lowest BCUT2D eigenvalue weighted by Gasteiger charge is -2.40. The van der Waals surface area contributed by atoms with Gasteiger partial charge in [0, 0.05) is 11.3 Å². The van der Waals surface area contributed by atoms with Gasteiger partial charge in [-0.15, -0.1) is 0 Å². The number of nitrogens with one attached hydrogen (secondary N) is 1. The standard InChI is InChI=1S/C16H22N2OS2/c1-21-16(8-5-9-16)11-18-15(19)13(14(17)20)10-12-6-3-2-4-7-12/h2-4,6-7,13H,5,8-11H2,1H3,(H2,17,20)(H,18,19). The van der Waals surface area contributed by atoms with Crippen LogP contribution >= 0.6 is 24.0 Å². The minimum atomic E-state index is -0.429. The number of rotatable bonds is 7. The van der Waals surface area contributed by atoms with E-state index in [4.69, 9.17) is 18.0 Å². The summed E-state index contributed by atoms with van der Waals surface area (Å²) in [6.07, 6.45) is 6.27. The lowest BCUT2D eigenvalue weighted by atomic mass is 9.84. The molecule has 3 N–H and O–H groups in total. The van der Waals surface area contributed by atoms with Gasteiger partial charge in [-0.3, -0.25) is 4.79 Å². The van der Waals surface area contributed by atoms with Crippen LogP contribution in [0.15, 0.2) is 30.3 Å². The number of benzene rings is 1. The van der Waals surface area contributed by atoms with Crippen molar-refractivity contribution in [1.29, 1.82) is 0 Å². The third kappa shape index (κ3) is 4.20. The molecule has 114 valence electrons. The van der Waals surface area contributed by atoms with Gasteiger partial charge in [0.25, 0.3) is 0 Å². The first-order valence-electron chi connectivity index (χ1n) is 7.22. The van der Waals surface area contributed by atoms with E-state index in [1.54, 1.807) is 0 Å². The minimum Gasteiger partial charge on any atom is -0.393 e. The van der Waals surface area contributed by atoms with E-state index < -0.39 is 5.92 Å². The van der Waals surface area contributed by atoms with E-state index in [0.29, 0.717) is 13.0 Å². The van der Waals surface area contributed by atoms with Crippen LogP contribution in [-0.2, 0) is 11.2 Å². The molecule has 0 spiro atoms. The lowest BCUT2D eigenvalue weighted by Crippen LogP contribution is -2.48. The molecular weight excluding hydrogens is 300 g/mol. The smallest absolute Gasteiger partial charge is 0.230 e. The maximum absolute atomic E-state index is 12.4. The van der Waals surface area contributed by atoms with Crippen LogP contribution in [0.25, 0.3) is 0 Å². The monoisotopic (exact) mass is 322 g/mol. The lowest BCUT2D eigenvalue weighted by molar-refractivity contribution is -0.123. The molecule has 2 rings (SSSR count). The Morgan fingerprint density at radius 2 is 2.10 bits per heavy atom. The largest absolute Gasteiger partial charge is 0.393 e. The van der Waals surface area contributed by atoms with Gasteiger partial charge in [-0.1, -0.05) is 49.0 Å². The summed E-state index contributed by atoms with van der Waals surface area (Å²) in [6.45, 7) is 0.709. The van der Waals surface area contributed by atoms with E-state index in [9.17, 15) is 4.79 Å². The molecule has 5 heteroatoms. The number of carbonyl (C=O) groups excluding carboxylic acids is 1. The molecule has 1 aliphatic rings. The van der Waals surface area contributed by atoms with E-state index in [2.05, 4.69) is 11.6 Å². The highest BCUT2D eigenvalue weighted by molar-refractivity contribution is 8.00. The van der Waals surface area contributed by atoms with E-state index in [0.717, 1.165) is 5.56 Å². The molecular formula is C16H22N2OS2. The molecule has 1 unspecified atom stereocenters. The fraction of sp³-hybridized carbons (Fsp3) is 0.500. The van der Waals surface area contributed by atoms with Crippen LogP contribution in [0.4, 0.5) is 0 Å². The predicted molar refractivity (Wildman–Crippen MR) is 93.5 cm³/mol. The average molecular weight is 322 g/mol. The van der Waals surface area contributed by atoms with E-state index in [-0.39, 0.29) is 15.6 Å². The van der Waals surface area contributed by atoms with Crippen LogP contribution in [0, 0.1) is 5.92 Å². The first-order valence-corrected chi connectivity index (χ1v) is 8.86. The van der Waals surface area contributed by atoms with Crippen LogP contribution < -0.4 is 11.1 Å². The molecule has 1 saturated carbocycles. The first kappa shape index (κ1) is 16.3.